The number of sulfone groups is 1. The molecule has 2 saturated heterocycles. The van der Waals surface area contributed by atoms with Crippen LogP contribution < -0.4 is 0 Å². The van der Waals surface area contributed by atoms with E-state index in [1.165, 1.54) is 25.5 Å². The third kappa shape index (κ3) is 4.95. The Morgan fingerprint density at radius 1 is 1.08 bits per heavy atom. The van der Waals surface area contributed by atoms with Crippen LogP contribution in [-0.4, -0.2) is 62.6 Å². The van der Waals surface area contributed by atoms with Crippen LogP contribution in [0.2, 0.25) is 0 Å². The largest absolute Gasteiger partial charge is 0.335 e. The van der Waals surface area contributed by atoms with E-state index in [2.05, 4.69) is 4.90 Å². The Bertz CT molecular complexity index is 750. The van der Waals surface area contributed by atoms with E-state index in [9.17, 15) is 13.2 Å². The van der Waals surface area contributed by atoms with Gasteiger partial charge in [-0.15, -0.1) is 0 Å². The van der Waals surface area contributed by atoms with Crippen LogP contribution in [0.5, 0.6) is 0 Å². The molecule has 26 heavy (non-hydrogen) atoms. The van der Waals surface area contributed by atoms with Gasteiger partial charge in [0.2, 0.25) is 5.91 Å². The monoisotopic (exact) mass is 376 g/mol. The Balaban J connectivity index is 1.60. The van der Waals surface area contributed by atoms with Gasteiger partial charge in [0.1, 0.15) is 0 Å². The average Bonchev–Trinajstić information content (AvgIpc) is 3.08. The number of carbonyl (C=O) groups excluding carboxylic acids is 1. The summed E-state index contributed by atoms with van der Waals surface area (Å²) in [6, 6.07) is 6.94. The molecule has 6 heteroatoms. The van der Waals surface area contributed by atoms with E-state index in [0.29, 0.717) is 10.9 Å². The fourth-order valence-electron chi connectivity index (χ4n) is 3.85. The van der Waals surface area contributed by atoms with E-state index in [0.717, 1.165) is 44.6 Å². The summed E-state index contributed by atoms with van der Waals surface area (Å²) in [6.45, 7) is 4.12. The van der Waals surface area contributed by atoms with Crippen molar-refractivity contribution in [2.45, 2.75) is 43.0 Å². The van der Waals surface area contributed by atoms with E-state index in [-0.39, 0.29) is 5.91 Å². The summed E-state index contributed by atoms with van der Waals surface area (Å²) < 4.78 is 23.0. The van der Waals surface area contributed by atoms with Crippen LogP contribution in [-0.2, 0) is 14.6 Å². The molecule has 1 aromatic rings. The zero-order valence-corrected chi connectivity index (χ0v) is 16.2. The highest BCUT2D eigenvalue weighted by Gasteiger charge is 2.29. The predicted octanol–water partition coefficient (Wildman–Crippen LogP) is 2.58. The first-order chi connectivity index (χ1) is 12.4. The summed E-state index contributed by atoms with van der Waals surface area (Å²) in [5, 5.41) is 0. The van der Waals surface area contributed by atoms with Gasteiger partial charge in [0.25, 0.3) is 0 Å². The molecule has 0 N–H and O–H groups in total. The van der Waals surface area contributed by atoms with E-state index >= 15 is 0 Å². The lowest BCUT2D eigenvalue weighted by Crippen LogP contribution is -2.44. The van der Waals surface area contributed by atoms with Crippen molar-refractivity contribution < 1.29 is 13.2 Å². The van der Waals surface area contributed by atoms with Crippen molar-refractivity contribution >= 4 is 21.8 Å². The lowest BCUT2D eigenvalue weighted by atomic mass is 10.1. The first kappa shape index (κ1) is 19.1. The molecule has 0 bridgehead atoms. The quantitative estimate of drug-likeness (QED) is 0.741. The molecular weight excluding hydrogens is 348 g/mol. The van der Waals surface area contributed by atoms with Gasteiger partial charge >= 0.3 is 0 Å². The first-order valence-electron chi connectivity index (χ1n) is 9.45. The van der Waals surface area contributed by atoms with E-state index < -0.39 is 9.84 Å². The van der Waals surface area contributed by atoms with Crippen molar-refractivity contribution in [2.24, 2.45) is 0 Å². The Labute approximate surface area is 156 Å². The zero-order chi connectivity index (χ0) is 18.6. The topological polar surface area (TPSA) is 57.7 Å². The molecule has 0 saturated carbocycles. The molecule has 1 atom stereocenters. The van der Waals surface area contributed by atoms with Crippen molar-refractivity contribution in [3.8, 4) is 0 Å². The number of hydrogen-bond donors (Lipinski definition) is 0. The van der Waals surface area contributed by atoms with Crippen molar-refractivity contribution in [3.63, 3.8) is 0 Å². The number of benzene rings is 1. The Hall–Kier alpha value is -1.66. The summed E-state index contributed by atoms with van der Waals surface area (Å²) in [5.41, 5.74) is 0.831. The van der Waals surface area contributed by atoms with Crippen LogP contribution in [0.3, 0.4) is 0 Å². The molecule has 0 aromatic heterocycles. The molecule has 142 valence electrons. The van der Waals surface area contributed by atoms with Gasteiger partial charge in [0.15, 0.2) is 9.84 Å². The van der Waals surface area contributed by atoms with Gasteiger partial charge < -0.3 is 9.80 Å². The summed E-state index contributed by atoms with van der Waals surface area (Å²) in [4.78, 5) is 17.4. The number of hydrogen-bond acceptors (Lipinski definition) is 4. The van der Waals surface area contributed by atoms with Gasteiger partial charge in [-0.05, 0) is 62.5 Å². The Morgan fingerprint density at radius 2 is 1.77 bits per heavy atom. The minimum atomic E-state index is -3.19. The number of piperidine rings is 1. The molecule has 2 aliphatic heterocycles. The molecule has 3 rings (SSSR count). The van der Waals surface area contributed by atoms with Gasteiger partial charge in [-0.3, -0.25) is 4.79 Å². The number of nitrogens with zero attached hydrogens (tertiary/aromatic N) is 2. The number of amides is 1. The second-order valence-electron chi connectivity index (χ2n) is 7.36. The van der Waals surface area contributed by atoms with Gasteiger partial charge in [0.05, 0.1) is 4.90 Å². The highest BCUT2D eigenvalue weighted by molar-refractivity contribution is 7.90. The maximum absolute atomic E-state index is 12.6. The van der Waals surface area contributed by atoms with Gasteiger partial charge in [-0.1, -0.05) is 18.6 Å². The molecular formula is C20H28N2O3S. The molecule has 5 nitrogen and oxygen atoms in total. The molecule has 1 aromatic carbocycles. The Kier molecular flexibility index (Phi) is 6.14. The molecule has 2 heterocycles. The molecule has 0 aliphatic carbocycles. The normalized spacial score (nSPS) is 22.2. The summed E-state index contributed by atoms with van der Waals surface area (Å²) in [6.07, 6.45) is 10.6. The minimum Gasteiger partial charge on any atom is -0.335 e. The molecule has 0 radical (unpaired) electrons. The third-order valence-corrected chi connectivity index (χ3v) is 6.43. The highest BCUT2D eigenvalue weighted by atomic mass is 32.2. The van der Waals surface area contributed by atoms with Crippen molar-refractivity contribution in [1.82, 2.24) is 9.80 Å². The number of carbonyl (C=O) groups is 1. The summed E-state index contributed by atoms with van der Waals surface area (Å²) in [5.74, 6) is 0.0525. The van der Waals surface area contributed by atoms with Gasteiger partial charge in [0, 0.05) is 31.5 Å². The second kappa shape index (κ2) is 8.35. The van der Waals surface area contributed by atoms with Crippen molar-refractivity contribution in [1.29, 1.82) is 0 Å². The predicted molar refractivity (Wildman–Crippen MR) is 104 cm³/mol. The van der Waals surface area contributed by atoms with Gasteiger partial charge in [-0.2, -0.15) is 0 Å². The van der Waals surface area contributed by atoms with Gasteiger partial charge in [-0.25, -0.2) is 8.42 Å². The maximum Gasteiger partial charge on any atom is 0.246 e. The van der Waals surface area contributed by atoms with Crippen LogP contribution >= 0.6 is 0 Å². The molecule has 0 spiro atoms. The van der Waals surface area contributed by atoms with Crippen LogP contribution in [0.4, 0.5) is 0 Å². The summed E-state index contributed by atoms with van der Waals surface area (Å²) in [7, 11) is -3.19. The van der Waals surface area contributed by atoms with Crippen LogP contribution in [0.25, 0.3) is 6.08 Å². The summed E-state index contributed by atoms with van der Waals surface area (Å²) >= 11 is 0. The fourth-order valence-corrected chi connectivity index (χ4v) is 4.48. The van der Waals surface area contributed by atoms with Crippen molar-refractivity contribution in [2.75, 3.05) is 32.4 Å². The van der Waals surface area contributed by atoms with Crippen LogP contribution in [0.15, 0.2) is 35.2 Å². The molecule has 1 amide bonds. The van der Waals surface area contributed by atoms with Crippen molar-refractivity contribution in [3.05, 3.63) is 35.9 Å². The van der Waals surface area contributed by atoms with Crippen LogP contribution in [0, 0.1) is 0 Å². The fraction of sp³-hybridized carbons (Fsp3) is 0.550. The molecule has 2 fully saturated rings. The lowest BCUT2D eigenvalue weighted by molar-refractivity contribution is -0.127. The smallest absolute Gasteiger partial charge is 0.246 e. The highest BCUT2D eigenvalue weighted by Crippen LogP contribution is 2.21. The van der Waals surface area contributed by atoms with E-state index in [1.54, 1.807) is 36.4 Å². The first-order valence-corrected chi connectivity index (χ1v) is 11.3. The zero-order valence-electron chi connectivity index (χ0n) is 15.4. The van der Waals surface area contributed by atoms with E-state index in [4.69, 9.17) is 0 Å². The minimum absolute atomic E-state index is 0.0525. The average molecular weight is 377 g/mol. The second-order valence-corrected chi connectivity index (χ2v) is 9.38. The standard InChI is InChI=1S/C20H28N2O3S/c1-26(24,25)19-10-7-17(8-11-19)9-12-20(23)22-15-5-6-18(22)16-21-13-3-2-4-14-21/h7-12,18H,2-6,13-16H2,1H3. The molecule has 2 aliphatic rings. The SMILES string of the molecule is CS(=O)(=O)c1ccc(C=CC(=O)N2CCCC2CN2CCCCC2)cc1. The van der Waals surface area contributed by atoms with Crippen LogP contribution in [0.1, 0.15) is 37.7 Å². The number of likely N-dealkylation sites (tertiary alicyclic amines) is 2. The maximum atomic E-state index is 12.6. The van der Waals surface area contributed by atoms with E-state index in [1.807, 2.05) is 4.90 Å². The number of rotatable bonds is 5. The lowest BCUT2D eigenvalue weighted by Gasteiger charge is -2.32. The third-order valence-electron chi connectivity index (χ3n) is 5.30. The Morgan fingerprint density at radius 3 is 2.42 bits per heavy atom. The molecule has 1 unspecified atom stereocenters.